The molecule has 0 aromatic rings. The molecule has 2 saturated carbocycles. The summed E-state index contributed by atoms with van der Waals surface area (Å²) in [7, 11) is 4.24. The summed E-state index contributed by atoms with van der Waals surface area (Å²) in [4.78, 5) is 14.1. The summed E-state index contributed by atoms with van der Waals surface area (Å²) in [5.74, 6) is 1.77. The number of nitrogens with zero attached hydrogens (tertiary/aromatic N) is 1. The van der Waals surface area contributed by atoms with Gasteiger partial charge >= 0.3 is 5.97 Å². The first-order valence-corrected chi connectivity index (χ1v) is 7.40. The van der Waals surface area contributed by atoms with Gasteiger partial charge in [0.1, 0.15) is 0 Å². The maximum absolute atomic E-state index is 11.9. The second kappa shape index (κ2) is 5.60. The van der Waals surface area contributed by atoms with Crippen LogP contribution in [0.25, 0.3) is 0 Å². The van der Waals surface area contributed by atoms with Gasteiger partial charge in [-0.1, -0.05) is 12.8 Å². The van der Waals surface area contributed by atoms with E-state index in [2.05, 4.69) is 19.0 Å². The first kappa shape index (κ1) is 13.9. The number of carbonyl (C=O) groups excluding carboxylic acids is 1. The molecule has 0 aromatic heterocycles. The van der Waals surface area contributed by atoms with Gasteiger partial charge in [0.15, 0.2) is 0 Å². The largest absolute Gasteiger partial charge is 0.466 e. The zero-order chi connectivity index (χ0) is 13.2. The van der Waals surface area contributed by atoms with Gasteiger partial charge in [0.25, 0.3) is 0 Å². The van der Waals surface area contributed by atoms with E-state index in [9.17, 15) is 4.79 Å². The van der Waals surface area contributed by atoms with Crippen molar-refractivity contribution in [3.8, 4) is 0 Å². The lowest BCUT2D eigenvalue weighted by molar-refractivity contribution is -0.147. The van der Waals surface area contributed by atoms with Crippen LogP contribution in [0.4, 0.5) is 0 Å². The molecule has 0 spiro atoms. The highest BCUT2D eigenvalue weighted by atomic mass is 16.5. The molecule has 0 bridgehead atoms. The maximum Gasteiger partial charge on any atom is 0.307 e. The molecule has 0 heterocycles. The lowest BCUT2D eigenvalue weighted by Gasteiger charge is -2.45. The van der Waals surface area contributed by atoms with Crippen molar-refractivity contribution in [3.05, 3.63) is 0 Å². The molecule has 0 radical (unpaired) electrons. The van der Waals surface area contributed by atoms with E-state index in [4.69, 9.17) is 4.74 Å². The van der Waals surface area contributed by atoms with Crippen LogP contribution >= 0.6 is 0 Å². The molecule has 0 aliphatic heterocycles. The smallest absolute Gasteiger partial charge is 0.307 e. The topological polar surface area (TPSA) is 29.5 Å². The number of esters is 1. The van der Waals surface area contributed by atoms with Crippen molar-refractivity contribution in [1.29, 1.82) is 0 Å². The van der Waals surface area contributed by atoms with E-state index in [1.807, 2.05) is 6.92 Å². The molecule has 2 atom stereocenters. The van der Waals surface area contributed by atoms with Crippen molar-refractivity contribution in [2.24, 2.45) is 11.8 Å². The number of rotatable bonds is 5. The van der Waals surface area contributed by atoms with E-state index in [0.717, 1.165) is 18.3 Å². The van der Waals surface area contributed by atoms with Crippen LogP contribution in [0.15, 0.2) is 0 Å². The lowest BCUT2D eigenvalue weighted by atomic mass is 9.71. The molecular weight excluding hydrogens is 226 g/mol. The standard InChI is InChI=1S/C15H27NO2/c1-4-18-14(17)11-15(16(2)3)9-5-6-13(10-15)12-7-8-12/h12-13H,4-11H2,1-3H3. The summed E-state index contributed by atoms with van der Waals surface area (Å²) in [6.45, 7) is 2.38. The molecule has 2 rings (SSSR count). The Morgan fingerprint density at radius 2 is 2.00 bits per heavy atom. The Balaban J connectivity index is 2.02. The molecule has 0 amide bonds. The minimum Gasteiger partial charge on any atom is -0.466 e. The number of carbonyl (C=O) groups is 1. The zero-order valence-corrected chi connectivity index (χ0v) is 12.1. The van der Waals surface area contributed by atoms with Crippen LogP contribution in [0.3, 0.4) is 0 Å². The fourth-order valence-electron chi connectivity index (χ4n) is 3.56. The Morgan fingerprint density at radius 3 is 2.56 bits per heavy atom. The third-order valence-corrected chi connectivity index (χ3v) is 4.88. The SMILES string of the molecule is CCOC(=O)CC1(N(C)C)CCCC(C2CC2)C1. The maximum atomic E-state index is 11.9. The molecule has 2 aliphatic rings. The third-order valence-electron chi connectivity index (χ3n) is 4.88. The predicted octanol–water partition coefficient (Wildman–Crippen LogP) is 2.84. The van der Waals surface area contributed by atoms with Crippen molar-refractivity contribution < 1.29 is 9.53 Å². The number of ether oxygens (including phenoxy) is 1. The first-order chi connectivity index (χ1) is 8.57. The lowest BCUT2D eigenvalue weighted by Crippen LogP contribution is -2.49. The van der Waals surface area contributed by atoms with E-state index in [1.165, 1.54) is 32.1 Å². The third kappa shape index (κ3) is 3.05. The van der Waals surface area contributed by atoms with Crippen LogP contribution < -0.4 is 0 Å². The van der Waals surface area contributed by atoms with Gasteiger partial charge in [-0.3, -0.25) is 4.79 Å². The zero-order valence-electron chi connectivity index (χ0n) is 12.1. The van der Waals surface area contributed by atoms with Gasteiger partial charge in [-0.05, 0) is 58.5 Å². The van der Waals surface area contributed by atoms with E-state index in [0.29, 0.717) is 13.0 Å². The molecular formula is C15H27NO2. The van der Waals surface area contributed by atoms with Gasteiger partial charge in [0.2, 0.25) is 0 Å². The van der Waals surface area contributed by atoms with Crippen molar-refractivity contribution in [2.45, 2.75) is 57.4 Å². The summed E-state index contributed by atoms with van der Waals surface area (Å²) in [5, 5.41) is 0. The fourth-order valence-corrected chi connectivity index (χ4v) is 3.56. The predicted molar refractivity (Wildman–Crippen MR) is 72.4 cm³/mol. The quantitative estimate of drug-likeness (QED) is 0.706. The van der Waals surface area contributed by atoms with Gasteiger partial charge in [-0.15, -0.1) is 0 Å². The van der Waals surface area contributed by atoms with Crippen LogP contribution in [0.2, 0.25) is 0 Å². The fraction of sp³-hybridized carbons (Fsp3) is 0.933. The molecule has 3 heteroatoms. The molecule has 104 valence electrons. The molecule has 2 unspecified atom stereocenters. The second-order valence-electron chi connectivity index (χ2n) is 6.29. The van der Waals surface area contributed by atoms with Gasteiger partial charge in [0.05, 0.1) is 13.0 Å². The van der Waals surface area contributed by atoms with E-state index in [1.54, 1.807) is 0 Å². The average molecular weight is 253 g/mol. The number of hydrogen-bond acceptors (Lipinski definition) is 3. The van der Waals surface area contributed by atoms with Crippen molar-refractivity contribution in [2.75, 3.05) is 20.7 Å². The highest BCUT2D eigenvalue weighted by Crippen LogP contribution is 2.48. The van der Waals surface area contributed by atoms with Crippen LogP contribution in [0.5, 0.6) is 0 Å². The highest BCUT2D eigenvalue weighted by molar-refractivity contribution is 5.71. The average Bonchev–Trinajstić information content (AvgIpc) is 3.13. The van der Waals surface area contributed by atoms with Crippen LogP contribution in [0, 0.1) is 11.8 Å². The highest BCUT2D eigenvalue weighted by Gasteiger charge is 2.44. The van der Waals surface area contributed by atoms with Crippen molar-refractivity contribution >= 4 is 5.97 Å². The molecule has 18 heavy (non-hydrogen) atoms. The van der Waals surface area contributed by atoms with Crippen LogP contribution in [-0.4, -0.2) is 37.1 Å². The summed E-state index contributed by atoms with van der Waals surface area (Å²) in [6.07, 6.45) is 8.34. The Labute approximate surface area is 111 Å². The molecule has 2 aliphatic carbocycles. The molecule has 2 fully saturated rings. The first-order valence-electron chi connectivity index (χ1n) is 7.40. The van der Waals surface area contributed by atoms with Crippen molar-refractivity contribution in [1.82, 2.24) is 4.90 Å². The summed E-state index contributed by atoms with van der Waals surface area (Å²) >= 11 is 0. The van der Waals surface area contributed by atoms with E-state index in [-0.39, 0.29) is 11.5 Å². The minimum absolute atomic E-state index is 0.0253. The van der Waals surface area contributed by atoms with E-state index < -0.39 is 0 Å². The van der Waals surface area contributed by atoms with Gasteiger partial charge in [-0.25, -0.2) is 0 Å². The van der Waals surface area contributed by atoms with Crippen LogP contribution in [-0.2, 0) is 9.53 Å². The van der Waals surface area contributed by atoms with E-state index >= 15 is 0 Å². The molecule has 0 aromatic carbocycles. The number of hydrogen-bond donors (Lipinski definition) is 0. The summed E-state index contributed by atoms with van der Waals surface area (Å²) in [6, 6.07) is 0. The Hall–Kier alpha value is -0.570. The van der Waals surface area contributed by atoms with Gasteiger partial charge in [-0.2, -0.15) is 0 Å². The van der Waals surface area contributed by atoms with Gasteiger partial charge < -0.3 is 9.64 Å². The van der Waals surface area contributed by atoms with Crippen molar-refractivity contribution in [3.63, 3.8) is 0 Å². The normalized spacial score (nSPS) is 32.6. The second-order valence-corrected chi connectivity index (χ2v) is 6.29. The monoisotopic (exact) mass is 253 g/mol. The molecule has 0 saturated heterocycles. The molecule has 3 nitrogen and oxygen atoms in total. The Morgan fingerprint density at radius 1 is 1.28 bits per heavy atom. The summed E-state index contributed by atoms with van der Waals surface area (Å²) in [5.41, 5.74) is 0.0533. The Kier molecular flexibility index (Phi) is 4.31. The minimum atomic E-state index is -0.0253. The van der Waals surface area contributed by atoms with Gasteiger partial charge in [0, 0.05) is 5.54 Å². The Bertz CT molecular complexity index is 299. The summed E-state index contributed by atoms with van der Waals surface area (Å²) < 4.78 is 5.17. The van der Waals surface area contributed by atoms with Crippen LogP contribution in [0.1, 0.15) is 51.9 Å². The molecule has 0 N–H and O–H groups in total.